The van der Waals surface area contributed by atoms with Gasteiger partial charge in [-0.3, -0.25) is 0 Å². The summed E-state index contributed by atoms with van der Waals surface area (Å²) in [7, 11) is 2.13. The SMILES string of the molecule is CCCCCCC1(CCCCCC)c2cc(N(c3ccccc3)c3ccccc3)ccc2-c2ccc(N(c3ccccc3)c3ccc(-c4ccc(N(C)c5ccccc5)cc4)cc3)cc21.Cc1ccc2c(c1)C(CCCCCCc1ccc3c(c1)CC3)(CCCCCCc1ccc3c(c1)CC3)c1cc(N(c3ccccc3)c3ccc(-c4ccc(N(c5ccccc5)c5ccccc5)cc4)cc3)ccc1-2. The van der Waals surface area contributed by atoms with Crippen molar-refractivity contribution in [1.29, 1.82) is 0 Å². The first kappa shape index (κ1) is 92.4. The standard InChI is InChI=1S/C72H70N2.C62H63N3/c1-53-27-45-68-69-46-44-67(74(64-25-15-8-16-26-64)66-42-38-57(39-43-66)56-36-40-65(41-37-56)73(62-21-11-6-12-22-62)63-23-13-7-14-24-63)52-71(69)72(70(68)49-53,47-17-4-2-9-19-54-28-30-58-32-34-60(58)50-54)48-18-5-3-10-20-55-29-31-59-33-35-61(59)51-55;1-4-6-8-22-44-62(45-23-9-7-5-2)60-46-56(64(52-26-16-11-17-27-52)53-28-18-12-19-29-53)40-42-58(60)59-43-41-57(47-61(59)62)65(54-30-20-13-21-31-54)55-38-34-49(35-39-55)48-32-36-51(37-33-48)63(3)50-24-14-10-15-25-50/h6-8,11-16,21-31,36-46,49-52H,2-5,9-10,17-20,32-35,47-48H2,1H3;10-21,24-43,46-47H,4-9,22-23,44-45H2,1-3H3. The summed E-state index contributed by atoms with van der Waals surface area (Å²) >= 11 is 0. The van der Waals surface area contributed by atoms with Gasteiger partial charge in [0.2, 0.25) is 0 Å². The van der Waals surface area contributed by atoms with E-state index in [0.29, 0.717) is 0 Å². The molecule has 0 heterocycles. The van der Waals surface area contributed by atoms with E-state index in [4.69, 9.17) is 0 Å². The molecule has 4 aliphatic rings. The van der Waals surface area contributed by atoms with Gasteiger partial charge >= 0.3 is 0 Å². The summed E-state index contributed by atoms with van der Waals surface area (Å²) in [4.78, 5) is 11.9. The van der Waals surface area contributed by atoms with Crippen LogP contribution in [-0.2, 0) is 49.4 Å². The fourth-order valence-electron chi connectivity index (χ4n) is 22.9. The smallest absolute Gasteiger partial charge is 0.0465 e. The van der Waals surface area contributed by atoms with Gasteiger partial charge in [-0.05, 0) is 354 Å². The molecule has 5 nitrogen and oxygen atoms in total. The molecule has 0 unspecified atom stereocenters. The number of fused-ring (bicyclic) bond motifs is 8. The molecule has 17 aromatic carbocycles. The van der Waals surface area contributed by atoms with Crippen LogP contribution in [0, 0.1) is 6.92 Å². The maximum Gasteiger partial charge on any atom is 0.0465 e. The van der Waals surface area contributed by atoms with Crippen molar-refractivity contribution in [3.63, 3.8) is 0 Å². The second-order valence-electron chi connectivity index (χ2n) is 39.5. The average Bonchev–Trinajstić information content (AvgIpc) is 1.56. The zero-order valence-electron chi connectivity index (χ0n) is 82.0. The number of benzene rings is 17. The fraction of sp³-hybridized carbons (Fsp3) is 0.239. The lowest BCUT2D eigenvalue weighted by Gasteiger charge is -2.35. The molecule has 0 atom stereocenters. The largest absolute Gasteiger partial charge is 0.345 e. The summed E-state index contributed by atoms with van der Waals surface area (Å²) in [5.74, 6) is 0. The number of rotatable bonds is 40. The molecule has 4 aliphatic carbocycles. The number of para-hydroxylation sites is 7. The first-order valence-electron chi connectivity index (χ1n) is 52.1. The third-order valence-electron chi connectivity index (χ3n) is 30.6. The minimum Gasteiger partial charge on any atom is -0.345 e. The van der Waals surface area contributed by atoms with Crippen molar-refractivity contribution in [2.45, 2.75) is 199 Å². The summed E-state index contributed by atoms with van der Waals surface area (Å²) in [5, 5.41) is 0. The highest BCUT2D eigenvalue weighted by Gasteiger charge is 2.45. The summed E-state index contributed by atoms with van der Waals surface area (Å²) in [6.45, 7) is 6.95. The highest BCUT2D eigenvalue weighted by Crippen LogP contribution is 2.59. The van der Waals surface area contributed by atoms with Crippen molar-refractivity contribution in [2.24, 2.45) is 0 Å². The van der Waals surface area contributed by atoms with E-state index < -0.39 is 0 Å². The molecule has 139 heavy (non-hydrogen) atoms. The van der Waals surface area contributed by atoms with Gasteiger partial charge in [-0.1, -0.05) is 358 Å². The molecule has 0 saturated carbocycles. The van der Waals surface area contributed by atoms with E-state index in [1.54, 1.807) is 27.8 Å². The minimum absolute atomic E-state index is 0.0366. The molecule has 0 fully saturated rings. The molecule has 17 aromatic rings. The van der Waals surface area contributed by atoms with Crippen molar-refractivity contribution in [1.82, 2.24) is 0 Å². The lowest BCUT2D eigenvalue weighted by atomic mass is 9.70. The van der Waals surface area contributed by atoms with Crippen LogP contribution < -0.4 is 24.5 Å². The van der Waals surface area contributed by atoms with Gasteiger partial charge in [0.05, 0.1) is 0 Å². The summed E-state index contributed by atoms with van der Waals surface area (Å²) in [6, 6.07) is 156. The molecule has 0 aromatic heterocycles. The molecule has 0 spiro atoms. The van der Waals surface area contributed by atoms with E-state index in [2.05, 4.69) is 471 Å². The highest BCUT2D eigenvalue weighted by molar-refractivity contribution is 5.91. The van der Waals surface area contributed by atoms with E-state index in [-0.39, 0.29) is 10.8 Å². The highest BCUT2D eigenvalue weighted by atomic mass is 15.2. The third-order valence-corrected chi connectivity index (χ3v) is 30.6. The van der Waals surface area contributed by atoms with E-state index >= 15 is 0 Å². The normalized spacial score (nSPS) is 12.9. The van der Waals surface area contributed by atoms with Crippen LogP contribution in [0.3, 0.4) is 0 Å². The van der Waals surface area contributed by atoms with Crippen LogP contribution in [-0.4, -0.2) is 7.05 Å². The van der Waals surface area contributed by atoms with Gasteiger partial charge in [-0.2, -0.15) is 0 Å². The van der Waals surface area contributed by atoms with Gasteiger partial charge in [0.25, 0.3) is 0 Å². The molecule has 0 N–H and O–H groups in total. The molecule has 21 rings (SSSR count). The predicted octanol–water partition coefficient (Wildman–Crippen LogP) is 37.7. The van der Waals surface area contributed by atoms with Crippen molar-refractivity contribution in [3.8, 4) is 44.5 Å². The van der Waals surface area contributed by atoms with Crippen LogP contribution in [0.25, 0.3) is 44.5 Å². The van der Waals surface area contributed by atoms with Gasteiger partial charge in [0.1, 0.15) is 0 Å². The van der Waals surface area contributed by atoms with Crippen molar-refractivity contribution >= 4 is 79.6 Å². The predicted molar refractivity (Wildman–Crippen MR) is 593 cm³/mol. The maximum absolute atomic E-state index is 2.60. The van der Waals surface area contributed by atoms with E-state index in [9.17, 15) is 0 Å². The molecule has 0 amide bonds. The summed E-state index contributed by atoms with van der Waals surface area (Å²) in [6.07, 6.45) is 32.2. The second-order valence-corrected chi connectivity index (χ2v) is 39.5. The Balaban J connectivity index is 0.000000173. The molecular weight excluding hydrogens is 1680 g/mol. The lowest BCUT2D eigenvalue weighted by Crippen LogP contribution is -2.26. The molecule has 0 bridgehead atoms. The van der Waals surface area contributed by atoms with Crippen LogP contribution in [0.4, 0.5) is 79.6 Å². The van der Waals surface area contributed by atoms with E-state index in [0.717, 1.165) is 47.0 Å². The summed E-state index contributed by atoms with van der Waals surface area (Å²) < 4.78 is 0. The Morgan fingerprint density at radius 1 is 0.201 bits per heavy atom. The van der Waals surface area contributed by atoms with Gasteiger partial charge in [0.15, 0.2) is 0 Å². The van der Waals surface area contributed by atoms with E-state index in [1.807, 2.05) is 0 Å². The number of nitrogens with zero attached hydrogens (tertiary/aromatic N) is 5. The Morgan fingerprint density at radius 3 is 0.727 bits per heavy atom. The number of anilines is 14. The molecule has 694 valence electrons. The Labute approximate surface area is 828 Å². The molecule has 0 aliphatic heterocycles. The summed E-state index contributed by atoms with van der Waals surface area (Å²) in [5.41, 5.74) is 43.5. The number of aryl methyl sites for hydroxylation is 7. The molecular formula is C134H133N5. The Morgan fingerprint density at radius 2 is 0.439 bits per heavy atom. The topological polar surface area (TPSA) is 16.2 Å². The zero-order valence-corrected chi connectivity index (χ0v) is 82.0. The number of unbranched alkanes of at least 4 members (excludes halogenated alkanes) is 12. The molecule has 0 radical (unpaired) electrons. The monoisotopic (exact) mass is 1810 g/mol. The molecule has 0 saturated heterocycles. The Kier molecular flexibility index (Phi) is 29.0. The van der Waals surface area contributed by atoms with Crippen LogP contribution in [0.1, 0.15) is 203 Å². The van der Waals surface area contributed by atoms with Crippen molar-refractivity contribution in [3.05, 3.63) is 480 Å². The van der Waals surface area contributed by atoms with E-state index in [1.165, 1.54) is 277 Å². The van der Waals surface area contributed by atoms with Crippen LogP contribution >= 0.6 is 0 Å². The van der Waals surface area contributed by atoms with Gasteiger partial charge < -0.3 is 24.5 Å². The zero-order chi connectivity index (χ0) is 94.1. The quantitative estimate of drug-likeness (QED) is 0.0355. The van der Waals surface area contributed by atoms with Crippen molar-refractivity contribution in [2.75, 3.05) is 31.5 Å². The maximum atomic E-state index is 2.60. The van der Waals surface area contributed by atoms with Crippen LogP contribution in [0.2, 0.25) is 0 Å². The van der Waals surface area contributed by atoms with Gasteiger partial charge in [0, 0.05) is 97.5 Å². The Bertz CT molecular complexity index is 6740. The molecule has 5 heteroatoms. The Hall–Kier alpha value is -14.3. The average molecular weight is 1810 g/mol. The third kappa shape index (κ3) is 20.4. The fourth-order valence-corrected chi connectivity index (χ4v) is 22.9. The van der Waals surface area contributed by atoms with Gasteiger partial charge in [-0.25, -0.2) is 0 Å². The number of hydrogen-bond donors (Lipinski definition) is 0. The first-order chi connectivity index (χ1) is 68.6. The van der Waals surface area contributed by atoms with Gasteiger partial charge in [-0.15, -0.1) is 0 Å². The second kappa shape index (κ2) is 43.6. The lowest BCUT2D eigenvalue weighted by molar-refractivity contribution is 0.399. The van der Waals surface area contributed by atoms with Crippen molar-refractivity contribution < 1.29 is 0 Å². The number of hydrogen-bond acceptors (Lipinski definition) is 5. The van der Waals surface area contributed by atoms with Crippen LogP contribution in [0.5, 0.6) is 0 Å². The minimum atomic E-state index is -0.107. The van der Waals surface area contributed by atoms with Crippen LogP contribution in [0.15, 0.2) is 419 Å². The first-order valence-corrected chi connectivity index (χ1v) is 52.1.